The van der Waals surface area contributed by atoms with E-state index >= 15 is 0 Å². The summed E-state index contributed by atoms with van der Waals surface area (Å²) < 4.78 is 7.29. The van der Waals surface area contributed by atoms with Gasteiger partial charge in [-0.25, -0.2) is 4.98 Å². The Bertz CT molecular complexity index is 1380. The third-order valence-corrected chi connectivity index (χ3v) is 8.39. The Kier molecular flexibility index (Phi) is 9.34. The van der Waals surface area contributed by atoms with Crippen LogP contribution in [0.2, 0.25) is 0 Å². The summed E-state index contributed by atoms with van der Waals surface area (Å²) in [5.41, 5.74) is 3.71. The smallest absolute Gasteiger partial charge is 0.252 e. The van der Waals surface area contributed by atoms with E-state index in [2.05, 4.69) is 9.55 Å². The van der Waals surface area contributed by atoms with Crippen LogP contribution in [0.1, 0.15) is 80.7 Å². The predicted octanol–water partition coefficient (Wildman–Crippen LogP) is 4.54. The molecular formula is C32H40N4O5. The molecule has 218 valence electrons. The number of fused-ring (bicyclic) bond motifs is 3. The van der Waals surface area contributed by atoms with Crippen molar-refractivity contribution in [1.29, 1.82) is 0 Å². The zero-order chi connectivity index (χ0) is 28.8. The number of aliphatic hydroxyl groups excluding tert-OH is 1. The van der Waals surface area contributed by atoms with Crippen molar-refractivity contribution in [3.63, 3.8) is 0 Å². The fourth-order valence-electron chi connectivity index (χ4n) is 6.15. The molecule has 1 unspecified atom stereocenters. The van der Waals surface area contributed by atoms with Crippen LogP contribution in [-0.2, 0) is 33.9 Å². The molecule has 0 saturated carbocycles. The summed E-state index contributed by atoms with van der Waals surface area (Å²) in [6, 6.07) is 10.8. The van der Waals surface area contributed by atoms with Crippen LogP contribution in [0.15, 0.2) is 42.6 Å². The number of pyridine rings is 1. The molecule has 3 amide bonds. The summed E-state index contributed by atoms with van der Waals surface area (Å²) in [4.78, 5) is 47.8. The summed E-state index contributed by atoms with van der Waals surface area (Å²) in [6.45, 7) is 1.58. The maximum atomic E-state index is 13.8. The van der Waals surface area contributed by atoms with Crippen LogP contribution in [0.25, 0.3) is 11.0 Å². The summed E-state index contributed by atoms with van der Waals surface area (Å²) in [5, 5.41) is 9.88. The standard InChI is InChI=1S/C32H40N4O5/c1-41-24-13-11-23(12-14-24)21-35-30(39)16-15-28(32(35)40)36-27-17-19-34(22-26(27)25-9-8-18-33-31(25)36)29(38)10-6-4-2-3-5-7-20-37/h8-9,11-14,18,28,37H,2-7,10,15-17,19-22H2,1H3. The van der Waals surface area contributed by atoms with Crippen LogP contribution < -0.4 is 4.74 Å². The van der Waals surface area contributed by atoms with E-state index in [4.69, 9.17) is 9.84 Å². The molecule has 2 aliphatic rings. The number of unbranched alkanes of at least 4 members (excludes halogenated alkanes) is 5. The van der Waals surface area contributed by atoms with E-state index in [0.717, 1.165) is 72.1 Å². The average Bonchev–Trinajstić information content (AvgIpc) is 3.32. The van der Waals surface area contributed by atoms with Crippen molar-refractivity contribution >= 4 is 28.8 Å². The van der Waals surface area contributed by atoms with Gasteiger partial charge in [0.25, 0.3) is 5.91 Å². The first kappa shape index (κ1) is 28.8. The second kappa shape index (κ2) is 13.3. The normalized spacial score (nSPS) is 17.3. The van der Waals surface area contributed by atoms with Crippen molar-refractivity contribution in [3.8, 4) is 5.75 Å². The molecule has 9 nitrogen and oxygen atoms in total. The van der Waals surface area contributed by atoms with Gasteiger partial charge in [0.05, 0.1) is 13.7 Å². The first-order valence-electron chi connectivity index (χ1n) is 14.8. The van der Waals surface area contributed by atoms with E-state index in [1.807, 2.05) is 41.3 Å². The highest BCUT2D eigenvalue weighted by Gasteiger charge is 2.39. The lowest BCUT2D eigenvalue weighted by Gasteiger charge is -2.34. The van der Waals surface area contributed by atoms with Crippen molar-refractivity contribution in [1.82, 2.24) is 19.4 Å². The number of methoxy groups -OCH3 is 1. The molecule has 1 aromatic carbocycles. The minimum Gasteiger partial charge on any atom is -0.497 e. The maximum Gasteiger partial charge on any atom is 0.252 e. The van der Waals surface area contributed by atoms with Crippen LogP contribution in [0.3, 0.4) is 0 Å². The molecule has 0 bridgehead atoms. The van der Waals surface area contributed by atoms with Crippen LogP contribution in [-0.4, -0.2) is 62.4 Å². The number of aromatic nitrogens is 2. The third-order valence-electron chi connectivity index (χ3n) is 8.39. The lowest BCUT2D eigenvalue weighted by molar-refractivity contribution is -0.151. The van der Waals surface area contributed by atoms with Gasteiger partial charge in [-0.05, 0) is 49.1 Å². The molecule has 41 heavy (non-hydrogen) atoms. The molecule has 4 heterocycles. The van der Waals surface area contributed by atoms with Crippen molar-refractivity contribution < 1.29 is 24.2 Å². The summed E-state index contributed by atoms with van der Waals surface area (Å²) in [6.07, 6.45) is 9.61. The molecule has 1 fully saturated rings. The number of carbonyl (C=O) groups excluding carboxylic acids is 3. The van der Waals surface area contributed by atoms with E-state index in [9.17, 15) is 14.4 Å². The first-order chi connectivity index (χ1) is 20.0. The number of likely N-dealkylation sites (tertiary alicyclic amines) is 1. The van der Waals surface area contributed by atoms with E-state index in [1.165, 1.54) is 4.90 Å². The van der Waals surface area contributed by atoms with E-state index in [-0.39, 0.29) is 30.9 Å². The van der Waals surface area contributed by atoms with Crippen molar-refractivity contribution in [2.45, 2.75) is 83.3 Å². The van der Waals surface area contributed by atoms with Crippen molar-refractivity contribution in [2.75, 3.05) is 20.3 Å². The van der Waals surface area contributed by atoms with Gasteiger partial charge in [-0.15, -0.1) is 0 Å². The summed E-state index contributed by atoms with van der Waals surface area (Å²) in [5.74, 6) is 0.521. The van der Waals surface area contributed by atoms with Crippen molar-refractivity contribution in [3.05, 3.63) is 59.4 Å². The highest BCUT2D eigenvalue weighted by atomic mass is 16.5. The minimum atomic E-state index is -0.514. The predicted molar refractivity (Wildman–Crippen MR) is 155 cm³/mol. The average molecular weight is 561 g/mol. The molecule has 2 aromatic heterocycles. The number of rotatable bonds is 12. The highest BCUT2D eigenvalue weighted by molar-refractivity contribution is 6.00. The highest BCUT2D eigenvalue weighted by Crippen LogP contribution is 2.36. The molecule has 2 aliphatic heterocycles. The van der Waals surface area contributed by atoms with E-state index < -0.39 is 6.04 Å². The zero-order valence-corrected chi connectivity index (χ0v) is 23.9. The molecular weight excluding hydrogens is 520 g/mol. The Hall–Kier alpha value is -3.72. The molecule has 1 atom stereocenters. The Morgan fingerprint density at radius 2 is 1.78 bits per heavy atom. The van der Waals surface area contributed by atoms with E-state index in [0.29, 0.717) is 38.8 Å². The fraction of sp³-hybridized carbons (Fsp3) is 0.500. The third kappa shape index (κ3) is 6.30. The number of amides is 3. The van der Waals surface area contributed by atoms with Gasteiger partial charge in [0.2, 0.25) is 11.8 Å². The number of nitrogens with zero attached hydrogens (tertiary/aromatic N) is 4. The molecule has 1 N–H and O–H groups in total. The van der Waals surface area contributed by atoms with Gasteiger partial charge in [-0.3, -0.25) is 19.3 Å². The number of piperidine rings is 1. The quantitative estimate of drug-likeness (QED) is 0.258. The van der Waals surface area contributed by atoms with E-state index in [1.54, 1.807) is 13.3 Å². The van der Waals surface area contributed by atoms with Crippen LogP contribution in [0.5, 0.6) is 5.75 Å². The van der Waals surface area contributed by atoms with Crippen LogP contribution >= 0.6 is 0 Å². The molecule has 1 saturated heterocycles. The largest absolute Gasteiger partial charge is 0.497 e. The Balaban J connectivity index is 1.32. The Morgan fingerprint density at radius 1 is 1.02 bits per heavy atom. The summed E-state index contributed by atoms with van der Waals surface area (Å²) in [7, 11) is 1.60. The molecule has 9 heteroatoms. The SMILES string of the molecule is COc1ccc(CN2C(=O)CCC(n3c4c(c5cccnc53)CN(C(=O)CCCCCCCCO)CC4)C2=O)cc1. The molecule has 0 radical (unpaired) electrons. The van der Waals surface area contributed by atoms with Gasteiger partial charge in [0.15, 0.2) is 0 Å². The molecule has 0 aliphatic carbocycles. The molecule has 5 rings (SSSR count). The van der Waals surface area contributed by atoms with Crippen LogP contribution in [0.4, 0.5) is 0 Å². The molecule has 0 spiro atoms. The van der Waals surface area contributed by atoms with Gasteiger partial charge in [0.1, 0.15) is 17.4 Å². The van der Waals surface area contributed by atoms with Gasteiger partial charge in [-0.1, -0.05) is 37.8 Å². The maximum absolute atomic E-state index is 13.8. The van der Waals surface area contributed by atoms with Crippen LogP contribution in [0, 0.1) is 0 Å². The van der Waals surface area contributed by atoms with Gasteiger partial charge in [0, 0.05) is 61.8 Å². The monoisotopic (exact) mass is 560 g/mol. The fourth-order valence-corrected chi connectivity index (χ4v) is 6.15. The Labute approximate surface area is 241 Å². The second-order valence-electron chi connectivity index (χ2n) is 11.1. The number of ether oxygens (including phenoxy) is 1. The first-order valence-corrected chi connectivity index (χ1v) is 14.8. The lowest BCUT2D eigenvalue weighted by Crippen LogP contribution is -2.46. The topological polar surface area (TPSA) is 105 Å². The number of hydrogen-bond donors (Lipinski definition) is 1. The lowest BCUT2D eigenvalue weighted by atomic mass is 10.0. The Morgan fingerprint density at radius 3 is 2.54 bits per heavy atom. The van der Waals surface area contributed by atoms with Crippen molar-refractivity contribution in [2.24, 2.45) is 0 Å². The number of benzene rings is 1. The van der Waals surface area contributed by atoms with Gasteiger partial charge in [-0.2, -0.15) is 0 Å². The second-order valence-corrected chi connectivity index (χ2v) is 11.1. The number of hydrogen-bond acceptors (Lipinski definition) is 6. The number of aliphatic hydroxyl groups is 1. The number of imide groups is 1. The van der Waals surface area contributed by atoms with Gasteiger partial charge >= 0.3 is 0 Å². The summed E-state index contributed by atoms with van der Waals surface area (Å²) >= 11 is 0. The molecule has 3 aromatic rings. The zero-order valence-electron chi connectivity index (χ0n) is 23.9. The van der Waals surface area contributed by atoms with Gasteiger partial charge < -0.3 is 19.3 Å². The minimum absolute atomic E-state index is 0.162. The number of carbonyl (C=O) groups is 3.